The maximum atomic E-state index is 5.33. The van der Waals surface area contributed by atoms with Gasteiger partial charge in [0.2, 0.25) is 10.1 Å². The highest BCUT2D eigenvalue weighted by Gasteiger charge is 2.22. The van der Waals surface area contributed by atoms with Crippen LogP contribution >= 0.6 is 11.3 Å². The Bertz CT molecular complexity index is 648. The molecule has 0 saturated carbocycles. The van der Waals surface area contributed by atoms with Crippen LogP contribution in [0.1, 0.15) is 32.9 Å². The fraction of sp³-hybridized carbons (Fsp3) is 0.625. The maximum absolute atomic E-state index is 5.33. The number of rotatable bonds is 3. The van der Waals surface area contributed by atoms with Crippen LogP contribution in [0.2, 0.25) is 0 Å². The molecule has 6 heteroatoms. The molecular weight excluding hydrogens is 294 g/mol. The molecule has 0 aliphatic carbocycles. The first-order chi connectivity index (χ1) is 10.5. The number of hydrogen-bond donors (Lipinski definition) is 0. The van der Waals surface area contributed by atoms with Gasteiger partial charge in [-0.3, -0.25) is 4.90 Å². The number of fused-ring (bicyclic) bond motifs is 1. The zero-order chi connectivity index (χ0) is 15.7. The summed E-state index contributed by atoms with van der Waals surface area (Å²) in [6.45, 7) is 11.6. The maximum Gasteiger partial charge on any atom is 0.214 e. The largest absolute Gasteiger partial charge is 0.344 e. The van der Waals surface area contributed by atoms with Crippen molar-refractivity contribution in [2.75, 3.05) is 37.6 Å². The van der Waals surface area contributed by atoms with Crippen molar-refractivity contribution < 1.29 is 0 Å². The lowest BCUT2D eigenvalue weighted by Gasteiger charge is -2.33. The number of aromatic nitrogens is 3. The van der Waals surface area contributed by atoms with Crippen molar-refractivity contribution in [1.29, 1.82) is 0 Å². The van der Waals surface area contributed by atoms with Gasteiger partial charge < -0.3 is 4.90 Å². The summed E-state index contributed by atoms with van der Waals surface area (Å²) in [7, 11) is 0. The molecule has 0 radical (unpaired) electrons. The van der Waals surface area contributed by atoms with Gasteiger partial charge in [-0.1, -0.05) is 32.1 Å². The van der Waals surface area contributed by atoms with Crippen LogP contribution in [0.4, 0.5) is 5.13 Å². The zero-order valence-corrected chi connectivity index (χ0v) is 14.4. The molecule has 1 aliphatic heterocycles. The van der Waals surface area contributed by atoms with Crippen LogP contribution in [0.15, 0.2) is 6.20 Å². The van der Waals surface area contributed by atoms with Crippen molar-refractivity contribution in [3.05, 3.63) is 11.9 Å². The minimum absolute atomic E-state index is 0.0657. The normalized spacial score (nSPS) is 17.1. The molecule has 3 rings (SSSR count). The zero-order valence-electron chi connectivity index (χ0n) is 13.5. The molecule has 1 fully saturated rings. The third-order valence-corrected chi connectivity index (χ3v) is 5.00. The summed E-state index contributed by atoms with van der Waals surface area (Å²) < 4.78 is 1.92. The number of terminal acetylenes is 1. The molecule has 0 spiro atoms. The lowest BCUT2D eigenvalue weighted by Crippen LogP contribution is -2.46. The van der Waals surface area contributed by atoms with Crippen molar-refractivity contribution in [1.82, 2.24) is 19.5 Å². The highest BCUT2D eigenvalue weighted by molar-refractivity contribution is 7.20. The average Bonchev–Trinajstić information content (AvgIpc) is 3.03. The molecule has 1 aliphatic rings. The second kappa shape index (κ2) is 5.90. The highest BCUT2D eigenvalue weighted by atomic mass is 32.1. The molecule has 0 aromatic carbocycles. The second-order valence-electron chi connectivity index (χ2n) is 6.77. The molecule has 0 unspecified atom stereocenters. The summed E-state index contributed by atoms with van der Waals surface area (Å²) >= 11 is 1.68. The van der Waals surface area contributed by atoms with Crippen LogP contribution in [0.5, 0.6) is 0 Å². The molecule has 118 valence electrons. The Morgan fingerprint density at radius 2 is 2.00 bits per heavy atom. The van der Waals surface area contributed by atoms with E-state index in [1.54, 1.807) is 11.3 Å². The quantitative estimate of drug-likeness (QED) is 0.814. The standard InChI is InChI=1S/C16H23N5S/c1-5-6-7-19-8-10-20(11-9-19)15-18-21-12-13(16(2,3)4)17-14(21)22-15/h1,12H,6-11H2,2-4H3. The summed E-state index contributed by atoms with van der Waals surface area (Å²) in [5.74, 6) is 2.71. The van der Waals surface area contributed by atoms with Gasteiger partial charge in [0, 0.05) is 44.6 Å². The lowest BCUT2D eigenvalue weighted by atomic mass is 9.93. The minimum atomic E-state index is 0.0657. The van der Waals surface area contributed by atoms with E-state index >= 15 is 0 Å². The summed E-state index contributed by atoms with van der Waals surface area (Å²) in [6, 6.07) is 0. The molecule has 22 heavy (non-hydrogen) atoms. The van der Waals surface area contributed by atoms with Gasteiger partial charge in [0.25, 0.3) is 0 Å². The van der Waals surface area contributed by atoms with E-state index in [4.69, 9.17) is 16.5 Å². The minimum Gasteiger partial charge on any atom is -0.344 e. The SMILES string of the molecule is C#CCCN1CCN(c2nn3cc(C(C)(C)C)nc3s2)CC1. The molecule has 0 atom stereocenters. The summed E-state index contributed by atoms with van der Waals surface area (Å²) in [5.41, 5.74) is 1.16. The number of hydrogen-bond acceptors (Lipinski definition) is 5. The Labute approximate surface area is 135 Å². The predicted octanol–water partition coefficient (Wildman–Crippen LogP) is 2.23. The van der Waals surface area contributed by atoms with E-state index in [-0.39, 0.29) is 5.41 Å². The molecule has 0 bridgehead atoms. The van der Waals surface area contributed by atoms with Crippen LogP contribution in [0.3, 0.4) is 0 Å². The lowest BCUT2D eigenvalue weighted by molar-refractivity contribution is 0.263. The van der Waals surface area contributed by atoms with Gasteiger partial charge in [-0.2, -0.15) is 0 Å². The Hall–Kier alpha value is -1.58. The number of piperazine rings is 1. The van der Waals surface area contributed by atoms with Crippen LogP contribution in [-0.2, 0) is 5.41 Å². The third-order valence-electron chi connectivity index (χ3n) is 4.02. The van der Waals surface area contributed by atoms with E-state index in [9.17, 15) is 0 Å². The van der Waals surface area contributed by atoms with E-state index in [1.807, 2.05) is 4.52 Å². The fourth-order valence-corrected chi connectivity index (χ4v) is 3.50. The Balaban J connectivity index is 1.68. The van der Waals surface area contributed by atoms with Gasteiger partial charge in [0.05, 0.1) is 11.9 Å². The van der Waals surface area contributed by atoms with Crippen molar-refractivity contribution in [2.45, 2.75) is 32.6 Å². The van der Waals surface area contributed by atoms with E-state index < -0.39 is 0 Å². The Kier molecular flexibility index (Phi) is 4.11. The second-order valence-corrected chi connectivity index (χ2v) is 7.71. The van der Waals surface area contributed by atoms with E-state index in [1.165, 1.54) is 0 Å². The van der Waals surface area contributed by atoms with Crippen LogP contribution < -0.4 is 4.90 Å². The van der Waals surface area contributed by atoms with Crippen LogP contribution in [0.25, 0.3) is 4.96 Å². The Morgan fingerprint density at radius 3 is 2.59 bits per heavy atom. The molecule has 1 saturated heterocycles. The number of imidazole rings is 1. The summed E-state index contributed by atoms with van der Waals surface area (Å²) in [5, 5.41) is 5.77. The highest BCUT2D eigenvalue weighted by Crippen LogP contribution is 2.28. The van der Waals surface area contributed by atoms with Crippen molar-refractivity contribution >= 4 is 21.4 Å². The summed E-state index contributed by atoms with van der Waals surface area (Å²) in [4.78, 5) is 10.5. The Morgan fingerprint density at radius 1 is 1.27 bits per heavy atom. The molecule has 0 N–H and O–H groups in total. The van der Waals surface area contributed by atoms with Gasteiger partial charge >= 0.3 is 0 Å². The molecule has 0 amide bonds. The van der Waals surface area contributed by atoms with E-state index in [0.717, 1.165) is 54.9 Å². The molecule has 5 nitrogen and oxygen atoms in total. The average molecular weight is 317 g/mol. The first-order valence-electron chi connectivity index (χ1n) is 7.75. The third kappa shape index (κ3) is 3.11. The van der Waals surface area contributed by atoms with E-state index in [2.05, 4.69) is 42.7 Å². The first-order valence-corrected chi connectivity index (χ1v) is 8.56. The van der Waals surface area contributed by atoms with Gasteiger partial charge in [-0.15, -0.1) is 17.4 Å². The number of anilines is 1. The monoisotopic (exact) mass is 317 g/mol. The van der Waals surface area contributed by atoms with Crippen molar-refractivity contribution in [3.8, 4) is 12.3 Å². The molecule has 2 aromatic rings. The van der Waals surface area contributed by atoms with Crippen LogP contribution in [-0.4, -0.2) is 52.2 Å². The number of nitrogens with zero attached hydrogens (tertiary/aromatic N) is 5. The topological polar surface area (TPSA) is 36.7 Å². The molecule has 2 aromatic heterocycles. The first kappa shape index (κ1) is 15.3. The summed E-state index contributed by atoms with van der Waals surface area (Å²) in [6.07, 6.45) is 8.22. The molecule has 3 heterocycles. The smallest absolute Gasteiger partial charge is 0.214 e. The van der Waals surface area contributed by atoms with Gasteiger partial charge in [-0.25, -0.2) is 9.50 Å². The molecular formula is C16H23N5S. The van der Waals surface area contributed by atoms with Crippen molar-refractivity contribution in [2.24, 2.45) is 0 Å². The van der Waals surface area contributed by atoms with Gasteiger partial charge in [-0.05, 0) is 0 Å². The van der Waals surface area contributed by atoms with E-state index in [0.29, 0.717) is 0 Å². The van der Waals surface area contributed by atoms with Gasteiger partial charge in [0.15, 0.2) is 0 Å². The predicted molar refractivity (Wildman–Crippen MR) is 91.7 cm³/mol. The van der Waals surface area contributed by atoms with Crippen molar-refractivity contribution in [3.63, 3.8) is 0 Å². The fourth-order valence-electron chi connectivity index (χ4n) is 2.56. The van der Waals surface area contributed by atoms with Gasteiger partial charge in [0.1, 0.15) is 0 Å². The van der Waals surface area contributed by atoms with Crippen LogP contribution in [0, 0.1) is 12.3 Å².